The van der Waals surface area contributed by atoms with Crippen molar-refractivity contribution in [3.8, 4) is 11.4 Å². The predicted molar refractivity (Wildman–Crippen MR) is 119 cm³/mol. The third-order valence-electron chi connectivity index (χ3n) is 5.15. The number of aryl methyl sites for hydroxylation is 1. The van der Waals surface area contributed by atoms with Gasteiger partial charge in [0.2, 0.25) is 17.6 Å². The number of rotatable bonds is 14. The molecule has 0 aliphatic heterocycles. The van der Waals surface area contributed by atoms with E-state index in [9.17, 15) is 9.59 Å². The van der Waals surface area contributed by atoms with Gasteiger partial charge in [0, 0.05) is 5.56 Å². The van der Waals surface area contributed by atoms with Crippen LogP contribution in [0.5, 0.6) is 0 Å². The Morgan fingerprint density at radius 1 is 1.03 bits per heavy atom. The fraction of sp³-hybridized carbons (Fsp3) is 0.565. The summed E-state index contributed by atoms with van der Waals surface area (Å²) in [4.78, 5) is 26.7. The molecule has 1 unspecified atom stereocenters. The maximum Gasteiger partial charge on any atom is 0.405 e. The average molecular weight is 431 g/mol. The molecule has 0 saturated heterocycles. The lowest BCUT2D eigenvalue weighted by Gasteiger charge is -2.10. The van der Waals surface area contributed by atoms with Crippen molar-refractivity contribution in [1.82, 2.24) is 20.8 Å². The molecule has 2 aromatic rings. The zero-order valence-corrected chi connectivity index (χ0v) is 18.5. The van der Waals surface area contributed by atoms with Crippen LogP contribution in [0.2, 0.25) is 0 Å². The number of nitrogens with one attached hydrogen (secondary N) is 2. The topological polar surface area (TPSA) is 117 Å². The van der Waals surface area contributed by atoms with E-state index in [1.165, 1.54) is 63.9 Å². The Bertz CT molecular complexity index is 804. The van der Waals surface area contributed by atoms with Crippen LogP contribution in [0.1, 0.15) is 76.7 Å². The number of carboxylic acid groups (broad SMARTS) is 1. The van der Waals surface area contributed by atoms with Crippen LogP contribution in [-0.4, -0.2) is 33.3 Å². The molecule has 1 heterocycles. The first-order valence-electron chi connectivity index (χ1n) is 11.2. The van der Waals surface area contributed by atoms with E-state index in [0.29, 0.717) is 5.82 Å². The second-order valence-corrected chi connectivity index (χ2v) is 7.82. The van der Waals surface area contributed by atoms with Gasteiger partial charge in [-0.05, 0) is 25.3 Å². The SMILES string of the molecule is CCCCCCCCCCc1ccc(-c2noc(CNC(=O)C(C)NC(=O)O)n2)cc1. The molecule has 0 fully saturated rings. The van der Waals surface area contributed by atoms with E-state index in [0.717, 1.165) is 12.0 Å². The molecule has 0 spiro atoms. The summed E-state index contributed by atoms with van der Waals surface area (Å²) >= 11 is 0. The minimum absolute atomic E-state index is 0.0357. The van der Waals surface area contributed by atoms with Gasteiger partial charge in [0.25, 0.3) is 0 Å². The van der Waals surface area contributed by atoms with E-state index in [1.807, 2.05) is 12.1 Å². The Balaban J connectivity index is 1.72. The molecule has 1 atom stereocenters. The smallest absolute Gasteiger partial charge is 0.405 e. The second kappa shape index (κ2) is 13.4. The fourth-order valence-corrected chi connectivity index (χ4v) is 3.29. The lowest BCUT2D eigenvalue weighted by Crippen LogP contribution is -2.44. The van der Waals surface area contributed by atoms with Crippen molar-refractivity contribution in [2.75, 3.05) is 0 Å². The van der Waals surface area contributed by atoms with Crippen LogP contribution >= 0.6 is 0 Å². The Labute approximate surface area is 183 Å². The van der Waals surface area contributed by atoms with Crippen molar-refractivity contribution in [3.63, 3.8) is 0 Å². The third kappa shape index (κ3) is 9.19. The van der Waals surface area contributed by atoms with E-state index in [1.54, 1.807) is 0 Å². The third-order valence-corrected chi connectivity index (χ3v) is 5.15. The monoisotopic (exact) mass is 430 g/mol. The number of aromatic nitrogens is 2. The number of carbonyl (C=O) groups excluding carboxylic acids is 1. The quantitative estimate of drug-likeness (QED) is 0.374. The van der Waals surface area contributed by atoms with Gasteiger partial charge in [-0.15, -0.1) is 0 Å². The van der Waals surface area contributed by atoms with Gasteiger partial charge in [0.1, 0.15) is 6.04 Å². The van der Waals surface area contributed by atoms with Crippen molar-refractivity contribution < 1.29 is 19.2 Å². The van der Waals surface area contributed by atoms with Crippen LogP contribution in [0.4, 0.5) is 4.79 Å². The number of benzene rings is 1. The lowest BCUT2D eigenvalue weighted by molar-refractivity contribution is -0.122. The summed E-state index contributed by atoms with van der Waals surface area (Å²) in [5, 5.41) is 17.2. The Hall–Kier alpha value is -2.90. The molecule has 0 aliphatic rings. The average Bonchev–Trinajstić information content (AvgIpc) is 3.23. The number of hydrogen-bond donors (Lipinski definition) is 3. The second-order valence-electron chi connectivity index (χ2n) is 7.82. The van der Waals surface area contributed by atoms with Gasteiger partial charge in [-0.1, -0.05) is 81.3 Å². The Kier molecular flexibility index (Phi) is 10.5. The van der Waals surface area contributed by atoms with Crippen LogP contribution in [0.15, 0.2) is 28.8 Å². The zero-order chi connectivity index (χ0) is 22.5. The van der Waals surface area contributed by atoms with Crippen molar-refractivity contribution in [3.05, 3.63) is 35.7 Å². The largest absolute Gasteiger partial charge is 0.465 e. The molecule has 1 aromatic carbocycles. The van der Waals surface area contributed by atoms with E-state index in [4.69, 9.17) is 9.63 Å². The van der Waals surface area contributed by atoms with Crippen LogP contribution < -0.4 is 10.6 Å². The van der Waals surface area contributed by atoms with E-state index in [2.05, 4.69) is 39.8 Å². The van der Waals surface area contributed by atoms with Crippen LogP contribution in [0.25, 0.3) is 11.4 Å². The maximum atomic E-state index is 11.8. The number of carbonyl (C=O) groups is 2. The highest BCUT2D eigenvalue weighted by atomic mass is 16.5. The molecular weight excluding hydrogens is 396 g/mol. The van der Waals surface area contributed by atoms with Crippen molar-refractivity contribution in [2.24, 2.45) is 0 Å². The molecule has 0 saturated carbocycles. The predicted octanol–water partition coefficient (Wildman–Crippen LogP) is 4.69. The summed E-state index contributed by atoms with van der Waals surface area (Å²) in [5.41, 5.74) is 2.15. The van der Waals surface area contributed by atoms with Crippen molar-refractivity contribution >= 4 is 12.0 Å². The molecule has 2 rings (SSSR count). The first kappa shape index (κ1) is 24.4. The summed E-state index contributed by atoms with van der Waals surface area (Å²) in [5.74, 6) is 0.251. The lowest BCUT2D eigenvalue weighted by atomic mass is 10.0. The highest BCUT2D eigenvalue weighted by Gasteiger charge is 2.16. The molecule has 8 heteroatoms. The highest BCUT2D eigenvalue weighted by molar-refractivity contribution is 5.84. The van der Waals surface area contributed by atoms with Gasteiger partial charge in [-0.2, -0.15) is 4.98 Å². The van der Waals surface area contributed by atoms with E-state index >= 15 is 0 Å². The Morgan fingerprint density at radius 2 is 1.68 bits per heavy atom. The Morgan fingerprint density at radius 3 is 2.32 bits per heavy atom. The highest BCUT2D eigenvalue weighted by Crippen LogP contribution is 2.18. The van der Waals surface area contributed by atoms with Crippen LogP contribution in [0, 0.1) is 0 Å². The molecule has 8 nitrogen and oxygen atoms in total. The number of unbranched alkanes of at least 4 members (excludes halogenated alkanes) is 7. The summed E-state index contributed by atoms with van der Waals surface area (Å²) in [6.45, 7) is 3.74. The standard InChI is InChI=1S/C23H34N4O4/c1-3-4-5-6-7-8-9-10-11-18-12-14-19(15-13-18)21-26-20(31-27-21)16-24-22(28)17(2)25-23(29)30/h12-15,17,25H,3-11,16H2,1-2H3,(H,24,28)(H,29,30). The molecule has 2 amide bonds. The van der Waals surface area contributed by atoms with Gasteiger partial charge < -0.3 is 20.3 Å². The van der Waals surface area contributed by atoms with Crippen molar-refractivity contribution in [2.45, 2.75) is 84.2 Å². The number of hydrogen-bond acceptors (Lipinski definition) is 5. The molecule has 1 aromatic heterocycles. The van der Waals surface area contributed by atoms with Crippen LogP contribution in [-0.2, 0) is 17.8 Å². The summed E-state index contributed by atoms with van der Waals surface area (Å²) in [6, 6.07) is 7.27. The van der Waals surface area contributed by atoms with Gasteiger partial charge in [0.05, 0.1) is 6.54 Å². The first-order valence-corrected chi connectivity index (χ1v) is 11.2. The van der Waals surface area contributed by atoms with Crippen LogP contribution in [0.3, 0.4) is 0 Å². The van der Waals surface area contributed by atoms with Gasteiger partial charge in [0.15, 0.2) is 0 Å². The van der Waals surface area contributed by atoms with E-state index in [-0.39, 0.29) is 12.4 Å². The normalized spacial score (nSPS) is 11.8. The summed E-state index contributed by atoms with van der Waals surface area (Å²) < 4.78 is 5.17. The summed E-state index contributed by atoms with van der Waals surface area (Å²) in [6.07, 6.45) is 10.3. The van der Waals surface area contributed by atoms with Gasteiger partial charge in [-0.3, -0.25) is 4.79 Å². The molecule has 31 heavy (non-hydrogen) atoms. The number of nitrogens with zero attached hydrogens (tertiary/aromatic N) is 2. The molecule has 0 bridgehead atoms. The molecule has 0 aliphatic carbocycles. The number of amides is 2. The minimum atomic E-state index is -1.26. The van der Waals surface area contributed by atoms with Gasteiger partial charge >= 0.3 is 6.09 Å². The molecule has 3 N–H and O–H groups in total. The first-order chi connectivity index (χ1) is 15.0. The minimum Gasteiger partial charge on any atom is -0.465 e. The van der Waals surface area contributed by atoms with E-state index < -0.39 is 18.0 Å². The summed E-state index contributed by atoms with van der Waals surface area (Å²) in [7, 11) is 0. The fourth-order valence-electron chi connectivity index (χ4n) is 3.29. The molecule has 170 valence electrons. The molecular formula is C23H34N4O4. The van der Waals surface area contributed by atoms with Crippen molar-refractivity contribution in [1.29, 1.82) is 0 Å². The zero-order valence-electron chi connectivity index (χ0n) is 18.5. The molecule has 0 radical (unpaired) electrons. The van der Waals surface area contributed by atoms with Gasteiger partial charge in [-0.25, -0.2) is 4.79 Å². The maximum absolute atomic E-state index is 11.8.